The number of aliphatic hydroxyl groups excluding tert-OH is 1. The van der Waals surface area contributed by atoms with Crippen LogP contribution in [0.4, 0.5) is 5.69 Å². The summed E-state index contributed by atoms with van der Waals surface area (Å²) in [5.74, 6) is 0. The van der Waals surface area contributed by atoms with E-state index in [1.165, 1.54) is 22.4 Å². The molecule has 0 heterocycles. The molecule has 0 aliphatic carbocycles. The van der Waals surface area contributed by atoms with Gasteiger partial charge in [0.25, 0.3) is 0 Å². The normalized spacial score (nSPS) is 10.5. The van der Waals surface area contributed by atoms with Gasteiger partial charge in [-0.25, -0.2) is 0 Å². The van der Waals surface area contributed by atoms with E-state index in [9.17, 15) is 0 Å². The minimum Gasteiger partial charge on any atom is -0.396 e. The van der Waals surface area contributed by atoms with Crippen molar-refractivity contribution >= 4 is 5.69 Å². The average Bonchev–Trinajstić information content (AvgIpc) is 2.42. The molecule has 0 aromatic heterocycles. The van der Waals surface area contributed by atoms with Gasteiger partial charge in [0.1, 0.15) is 0 Å². The van der Waals surface area contributed by atoms with Gasteiger partial charge in [0.05, 0.1) is 0 Å². The lowest BCUT2D eigenvalue weighted by Gasteiger charge is -2.13. The van der Waals surface area contributed by atoms with Crippen LogP contribution in [0.25, 0.3) is 0 Å². The van der Waals surface area contributed by atoms with Crippen molar-refractivity contribution in [3.8, 4) is 0 Å². The van der Waals surface area contributed by atoms with Crippen LogP contribution in [0, 0.1) is 0 Å². The number of nitrogens with zero attached hydrogens (tertiary/aromatic N) is 1. The molecule has 0 saturated heterocycles. The van der Waals surface area contributed by atoms with Crippen LogP contribution in [0.3, 0.4) is 0 Å². The summed E-state index contributed by atoms with van der Waals surface area (Å²) in [6.45, 7) is 0.205. The molecular weight excluding hydrogens is 234 g/mol. The van der Waals surface area contributed by atoms with Crippen molar-refractivity contribution in [2.45, 2.75) is 12.8 Å². The van der Waals surface area contributed by atoms with Crippen molar-refractivity contribution in [1.29, 1.82) is 0 Å². The lowest BCUT2D eigenvalue weighted by Crippen LogP contribution is -2.08. The smallest absolute Gasteiger partial charge is 0.0471 e. The zero-order chi connectivity index (χ0) is 13.7. The summed E-state index contributed by atoms with van der Waals surface area (Å²) in [6, 6.07) is 17.0. The third-order valence-electron chi connectivity index (χ3n) is 3.35. The molecule has 0 atom stereocenters. The predicted molar refractivity (Wildman–Crippen MR) is 80.8 cm³/mol. The first kappa shape index (κ1) is 13.6. The maximum Gasteiger partial charge on any atom is 0.0471 e. The van der Waals surface area contributed by atoms with Crippen LogP contribution < -0.4 is 4.90 Å². The Morgan fingerprint density at radius 3 is 2.11 bits per heavy atom. The molecule has 0 aliphatic heterocycles. The summed E-state index contributed by atoms with van der Waals surface area (Å²) in [6.07, 6.45) is 1.65. The standard InChI is InChI=1S/C17H21NO/c1-18(2)17-9-7-14(8-10-17)13-16-6-4-3-5-15(16)11-12-19/h3-10,19H,11-13H2,1-2H3. The fraction of sp³-hybridized carbons (Fsp3) is 0.294. The highest BCUT2D eigenvalue weighted by atomic mass is 16.2. The van der Waals surface area contributed by atoms with E-state index in [0.717, 1.165) is 12.8 Å². The monoisotopic (exact) mass is 255 g/mol. The zero-order valence-corrected chi connectivity index (χ0v) is 11.6. The fourth-order valence-corrected chi connectivity index (χ4v) is 2.23. The SMILES string of the molecule is CN(C)c1ccc(Cc2ccccc2CCO)cc1. The van der Waals surface area contributed by atoms with Crippen LogP contribution in [-0.2, 0) is 12.8 Å². The molecule has 2 aromatic carbocycles. The highest BCUT2D eigenvalue weighted by Gasteiger charge is 2.03. The first-order chi connectivity index (χ1) is 9.20. The minimum atomic E-state index is 0.205. The third-order valence-corrected chi connectivity index (χ3v) is 3.35. The molecule has 0 saturated carbocycles. The first-order valence-electron chi connectivity index (χ1n) is 6.64. The zero-order valence-electron chi connectivity index (χ0n) is 11.6. The second-order valence-electron chi connectivity index (χ2n) is 4.98. The first-order valence-corrected chi connectivity index (χ1v) is 6.64. The third kappa shape index (κ3) is 3.58. The summed E-state index contributed by atoms with van der Waals surface area (Å²) < 4.78 is 0. The molecule has 0 bridgehead atoms. The van der Waals surface area contributed by atoms with Gasteiger partial charge in [-0.1, -0.05) is 36.4 Å². The molecular formula is C17H21NO. The quantitative estimate of drug-likeness (QED) is 0.888. The van der Waals surface area contributed by atoms with Crippen molar-refractivity contribution in [3.63, 3.8) is 0 Å². The average molecular weight is 255 g/mol. The summed E-state index contributed by atoms with van der Waals surface area (Å²) in [5.41, 5.74) is 5.05. The Balaban J connectivity index is 2.16. The van der Waals surface area contributed by atoms with E-state index in [4.69, 9.17) is 5.11 Å². The van der Waals surface area contributed by atoms with Crippen molar-refractivity contribution in [3.05, 3.63) is 65.2 Å². The number of aliphatic hydroxyl groups is 1. The molecule has 2 rings (SSSR count). The highest BCUT2D eigenvalue weighted by Crippen LogP contribution is 2.18. The van der Waals surface area contributed by atoms with E-state index >= 15 is 0 Å². The topological polar surface area (TPSA) is 23.5 Å². The molecule has 2 aromatic rings. The Morgan fingerprint density at radius 1 is 0.895 bits per heavy atom. The molecule has 0 unspecified atom stereocenters. The van der Waals surface area contributed by atoms with Crippen LogP contribution >= 0.6 is 0 Å². The Kier molecular flexibility index (Phi) is 4.58. The molecule has 19 heavy (non-hydrogen) atoms. The van der Waals surface area contributed by atoms with Crippen LogP contribution in [-0.4, -0.2) is 25.8 Å². The second kappa shape index (κ2) is 6.39. The number of anilines is 1. The van der Waals surface area contributed by atoms with Crippen molar-refractivity contribution in [2.75, 3.05) is 25.6 Å². The number of hydrogen-bond donors (Lipinski definition) is 1. The van der Waals surface area contributed by atoms with E-state index < -0.39 is 0 Å². The van der Waals surface area contributed by atoms with Crippen LogP contribution in [0.15, 0.2) is 48.5 Å². The van der Waals surface area contributed by atoms with Gasteiger partial charge in [-0.2, -0.15) is 0 Å². The van der Waals surface area contributed by atoms with E-state index in [-0.39, 0.29) is 6.61 Å². The second-order valence-corrected chi connectivity index (χ2v) is 4.98. The van der Waals surface area contributed by atoms with E-state index in [1.54, 1.807) is 0 Å². The molecule has 0 amide bonds. The van der Waals surface area contributed by atoms with Gasteiger partial charge >= 0.3 is 0 Å². The minimum absolute atomic E-state index is 0.205. The van der Waals surface area contributed by atoms with Crippen molar-refractivity contribution in [2.24, 2.45) is 0 Å². The van der Waals surface area contributed by atoms with Gasteiger partial charge < -0.3 is 10.0 Å². The van der Waals surface area contributed by atoms with Crippen LogP contribution in [0.5, 0.6) is 0 Å². The Labute approximate surface area is 115 Å². The molecule has 0 radical (unpaired) electrons. The van der Waals surface area contributed by atoms with Crippen LogP contribution in [0.1, 0.15) is 16.7 Å². The van der Waals surface area contributed by atoms with Gasteiger partial charge in [0, 0.05) is 26.4 Å². The lowest BCUT2D eigenvalue weighted by molar-refractivity contribution is 0.299. The maximum absolute atomic E-state index is 9.10. The maximum atomic E-state index is 9.10. The summed E-state index contributed by atoms with van der Waals surface area (Å²) >= 11 is 0. The molecule has 0 spiro atoms. The van der Waals surface area contributed by atoms with Gasteiger partial charge in [-0.3, -0.25) is 0 Å². The Hall–Kier alpha value is -1.80. The van der Waals surface area contributed by atoms with E-state index in [2.05, 4.69) is 47.4 Å². The van der Waals surface area contributed by atoms with Crippen molar-refractivity contribution < 1.29 is 5.11 Å². The molecule has 0 fully saturated rings. The van der Waals surface area contributed by atoms with Gasteiger partial charge in [-0.05, 0) is 41.7 Å². The summed E-state index contributed by atoms with van der Waals surface area (Å²) in [7, 11) is 4.09. The largest absolute Gasteiger partial charge is 0.396 e. The lowest BCUT2D eigenvalue weighted by atomic mass is 9.98. The Morgan fingerprint density at radius 2 is 1.53 bits per heavy atom. The number of rotatable bonds is 5. The van der Waals surface area contributed by atoms with Gasteiger partial charge in [0.15, 0.2) is 0 Å². The number of benzene rings is 2. The van der Waals surface area contributed by atoms with Gasteiger partial charge in [0.2, 0.25) is 0 Å². The number of hydrogen-bond acceptors (Lipinski definition) is 2. The van der Waals surface area contributed by atoms with Gasteiger partial charge in [-0.15, -0.1) is 0 Å². The summed E-state index contributed by atoms with van der Waals surface area (Å²) in [5, 5.41) is 9.10. The fourth-order valence-electron chi connectivity index (χ4n) is 2.23. The summed E-state index contributed by atoms with van der Waals surface area (Å²) in [4.78, 5) is 2.10. The molecule has 2 heteroatoms. The molecule has 100 valence electrons. The van der Waals surface area contributed by atoms with E-state index in [0.29, 0.717) is 0 Å². The highest BCUT2D eigenvalue weighted by molar-refractivity contribution is 5.47. The molecule has 0 aliphatic rings. The van der Waals surface area contributed by atoms with E-state index in [1.807, 2.05) is 20.2 Å². The van der Waals surface area contributed by atoms with Crippen molar-refractivity contribution in [1.82, 2.24) is 0 Å². The predicted octanol–water partition coefficient (Wildman–Crippen LogP) is 2.88. The Bertz CT molecular complexity index is 517. The van der Waals surface area contributed by atoms with Crippen LogP contribution in [0.2, 0.25) is 0 Å². The molecule has 2 nitrogen and oxygen atoms in total. The molecule has 1 N–H and O–H groups in total.